The number of hydrogen-bond donors (Lipinski definition) is 2. The van der Waals surface area contributed by atoms with Gasteiger partial charge in [-0.1, -0.05) is 46.7 Å². The molecule has 2 aromatic carbocycles. The molecule has 1 amide bonds. The fourth-order valence-electron chi connectivity index (χ4n) is 2.93. The van der Waals surface area contributed by atoms with Gasteiger partial charge in [0.05, 0.1) is 26.8 Å². The van der Waals surface area contributed by atoms with Gasteiger partial charge in [0.15, 0.2) is 5.13 Å². The Morgan fingerprint density at radius 2 is 2.00 bits per heavy atom. The second-order valence-electron chi connectivity index (χ2n) is 7.03. The second kappa shape index (κ2) is 10.3. The molecule has 3 aromatic rings. The van der Waals surface area contributed by atoms with Crippen molar-refractivity contribution in [3.63, 3.8) is 0 Å². The number of benzene rings is 2. The van der Waals surface area contributed by atoms with Crippen LogP contribution in [0.3, 0.4) is 0 Å². The summed E-state index contributed by atoms with van der Waals surface area (Å²) in [6.45, 7) is 4.56. The smallest absolute Gasteiger partial charge is 0.239 e. The molecule has 1 aromatic heterocycles. The van der Waals surface area contributed by atoms with Crippen LogP contribution < -0.4 is 10.6 Å². The highest BCUT2D eigenvalue weighted by Crippen LogP contribution is 2.26. The molecule has 5 nitrogen and oxygen atoms in total. The molecule has 154 valence electrons. The summed E-state index contributed by atoms with van der Waals surface area (Å²) >= 11 is 13.6. The Kier molecular flexibility index (Phi) is 7.72. The molecule has 0 fully saturated rings. The summed E-state index contributed by atoms with van der Waals surface area (Å²) in [7, 11) is 2.04. The van der Waals surface area contributed by atoms with E-state index >= 15 is 0 Å². The zero-order valence-corrected chi connectivity index (χ0v) is 18.8. The van der Waals surface area contributed by atoms with Crippen LogP contribution in [0, 0.1) is 6.92 Å². The predicted octanol–water partition coefficient (Wildman–Crippen LogP) is 4.96. The average molecular weight is 451 g/mol. The summed E-state index contributed by atoms with van der Waals surface area (Å²) < 4.78 is 1.12. The highest BCUT2D eigenvalue weighted by molar-refractivity contribution is 7.22. The van der Waals surface area contributed by atoms with Crippen molar-refractivity contribution in [3.8, 4) is 0 Å². The maximum absolute atomic E-state index is 12.1. The number of halogens is 2. The molecule has 0 unspecified atom stereocenters. The Balaban J connectivity index is 1.34. The first-order valence-electron chi connectivity index (χ1n) is 9.41. The van der Waals surface area contributed by atoms with E-state index in [0.29, 0.717) is 16.6 Å². The van der Waals surface area contributed by atoms with Crippen molar-refractivity contribution in [3.05, 3.63) is 57.6 Å². The zero-order chi connectivity index (χ0) is 20.8. The minimum atomic E-state index is -0.0347. The quantitative estimate of drug-likeness (QED) is 0.452. The predicted molar refractivity (Wildman–Crippen MR) is 123 cm³/mol. The van der Waals surface area contributed by atoms with Crippen LogP contribution in [-0.4, -0.2) is 42.5 Å². The number of aryl methyl sites for hydroxylation is 1. The van der Waals surface area contributed by atoms with Crippen molar-refractivity contribution in [2.75, 3.05) is 32.0 Å². The van der Waals surface area contributed by atoms with Crippen LogP contribution in [0.1, 0.15) is 17.5 Å². The number of nitrogens with one attached hydrogen (secondary N) is 2. The standard InChI is InChI=1S/C21H24Cl2N4OS/c1-14-4-7-18-19(10-14)29-21(26-18)25-12-20(28)24-8-3-9-27(2)13-15-5-6-16(22)17(23)11-15/h4-7,10-11H,3,8-9,12-13H2,1-2H3,(H,24,28)(H,25,26). The lowest BCUT2D eigenvalue weighted by Crippen LogP contribution is -2.32. The van der Waals surface area contributed by atoms with Gasteiger partial charge < -0.3 is 15.5 Å². The molecule has 0 spiro atoms. The van der Waals surface area contributed by atoms with Crippen molar-refractivity contribution < 1.29 is 4.79 Å². The molecular weight excluding hydrogens is 427 g/mol. The lowest BCUT2D eigenvalue weighted by Gasteiger charge is -2.17. The zero-order valence-electron chi connectivity index (χ0n) is 16.5. The Morgan fingerprint density at radius 3 is 2.79 bits per heavy atom. The molecule has 0 radical (unpaired) electrons. The van der Waals surface area contributed by atoms with Gasteiger partial charge >= 0.3 is 0 Å². The van der Waals surface area contributed by atoms with Gasteiger partial charge in [0.1, 0.15) is 0 Å². The first-order valence-corrected chi connectivity index (χ1v) is 11.0. The SMILES string of the molecule is Cc1ccc2nc(NCC(=O)NCCCN(C)Cc3ccc(Cl)c(Cl)c3)sc2c1. The third-order valence-electron chi connectivity index (χ3n) is 4.42. The van der Waals surface area contributed by atoms with Gasteiger partial charge in [-0.3, -0.25) is 4.79 Å². The second-order valence-corrected chi connectivity index (χ2v) is 8.88. The maximum atomic E-state index is 12.1. The van der Waals surface area contributed by atoms with Crippen LogP contribution in [0.2, 0.25) is 10.0 Å². The molecule has 3 rings (SSSR count). The van der Waals surface area contributed by atoms with Gasteiger partial charge in [0, 0.05) is 13.1 Å². The molecule has 0 aliphatic carbocycles. The van der Waals surface area contributed by atoms with E-state index in [2.05, 4.69) is 33.5 Å². The highest BCUT2D eigenvalue weighted by Gasteiger charge is 2.07. The number of hydrogen-bond acceptors (Lipinski definition) is 5. The van der Waals surface area contributed by atoms with Gasteiger partial charge in [0.25, 0.3) is 0 Å². The molecule has 1 heterocycles. The van der Waals surface area contributed by atoms with Gasteiger partial charge in [-0.05, 0) is 62.3 Å². The van der Waals surface area contributed by atoms with Crippen molar-refractivity contribution >= 4 is 55.8 Å². The van der Waals surface area contributed by atoms with Gasteiger partial charge in [-0.2, -0.15) is 0 Å². The molecule has 8 heteroatoms. The number of amides is 1. The highest BCUT2D eigenvalue weighted by atomic mass is 35.5. The van der Waals surface area contributed by atoms with E-state index in [-0.39, 0.29) is 12.5 Å². The monoisotopic (exact) mass is 450 g/mol. The van der Waals surface area contributed by atoms with E-state index in [4.69, 9.17) is 23.2 Å². The fraction of sp³-hybridized carbons (Fsp3) is 0.333. The number of anilines is 1. The van der Waals surface area contributed by atoms with Crippen LogP contribution in [-0.2, 0) is 11.3 Å². The Labute approximate surface area is 185 Å². The fourth-order valence-corrected chi connectivity index (χ4v) is 4.21. The molecule has 0 saturated carbocycles. The molecule has 0 aliphatic heterocycles. The third kappa shape index (κ3) is 6.57. The van der Waals surface area contributed by atoms with E-state index in [9.17, 15) is 4.79 Å². The van der Waals surface area contributed by atoms with Crippen LogP contribution in [0.15, 0.2) is 36.4 Å². The molecular formula is C21H24Cl2N4OS. The minimum absolute atomic E-state index is 0.0347. The number of fused-ring (bicyclic) bond motifs is 1. The van der Waals surface area contributed by atoms with Crippen molar-refractivity contribution in [2.45, 2.75) is 19.9 Å². The number of carbonyl (C=O) groups excluding carboxylic acids is 1. The molecule has 0 aliphatic rings. The minimum Gasteiger partial charge on any atom is -0.355 e. The summed E-state index contributed by atoms with van der Waals surface area (Å²) in [6, 6.07) is 11.8. The number of thiazole rings is 1. The van der Waals surface area contributed by atoms with Crippen molar-refractivity contribution in [1.29, 1.82) is 0 Å². The Bertz CT molecular complexity index is 992. The summed E-state index contributed by atoms with van der Waals surface area (Å²) in [5.74, 6) is -0.0347. The van der Waals surface area contributed by atoms with Crippen molar-refractivity contribution in [1.82, 2.24) is 15.2 Å². The summed E-state index contributed by atoms with van der Waals surface area (Å²) in [4.78, 5) is 18.7. The number of carbonyl (C=O) groups is 1. The molecule has 29 heavy (non-hydrogen) atoms. The average Bonchev–Trinajstić information content (AvgIpc) is 3.08. The number of rotatable bonds is 9. The van der Waals surface area contributed by atoms with Gasteiger partial charge in [0.2, 0.25) is 5.91 Å². The largest absolute Gasteiger partial charge is 0.355 e. The molecule has 2 N–H and O–H groups in total. The van der Waals surface area contributed by atoms with Crippen LogP contribution in [0.25, 0.3) is 10.2 Å². The van der Waals surface area contributed by atoms with E-state index in [1.54, 1.807) is 11.3 Å². The van der Waals surface area contributed by atoms with E-state index in [1.165, 1.54) is 5.56 Å². The number of nitrogens with zero attached hydrogens (tertiary/aromatic N) is 2. The van der Waals surface area contributed by atoms with E-state index < -0.39 is 0 Å². The third-order valence-corrected chi connectivity index (χ3v) is 6.13. The lowest BCUT2D eigenvalue weighted by molar-refractivity contribution is -0.119. The Morgan fingerprint density at radius 1 is 1.17 bits per heavy atom. The number of aromatic nitrogens is 1. The first kappa shape index (κ1) is 21.8. The molecule has 0 atom stereocenters. The normalized spacial score (nSPS) is 11.2. The Hall–Kier alpha value is -1.86. The van der Waals surface area contributed by atoms with Crippen LogP contribution in [0.4, 0.5) is 5.13 Å². The molecule has 0 saturated heterocycles. The van der Waals surface area contributed by atoms with Crippen molar-refractivity contribution in [2.24, 2.45) is 0 Å². The topological polar surface area (TPSA) is 57.3 Å². The van der Waals surface area contributed by atoms with Gasteiger partial charge in [-0.15, -0.1) is 0 Å². The first-order chi connectivity index (χ1) is 13.9. The summed E-state index contributed by atoms with van der Waals surface area (Å²) in [5, 5.41) is 7.95. The van der Waals surface area contributed by atoms with Crippen LogP contribution >= 0.6 is 34.5 Å². The van der Waals surface area contributed by atoms with Gasteiger partial charge in [-0.25, -0.2) is 4.98 Å². The van der Waals surface area contributed by atoms with Crippen LogP contribution in [0.5, 0.6) is 0 Å². The van der Waals surface area contributed by atoms with E-state index in [0.717, 1.165) is 40.4 Å². The summed E-state index contributed by atoms with van der Waals surface area (Å²) in [6.07, 6.45) is 0.865. The van der Waals surface area contributed by atoms with E-state index in [1.807, 2.05) is 37.4 Å². The maximum Gasteiger partial charge on any atom is 0.239 e. The lowest BCUT2D eigenvalue weighted by atomic mass is 10.2. The summed E-state index contributed by atoms with van der Waals surface area (Å²) in [5.41, 5.74) is 3.27. The molecule has 0 bridgehead atoms.